The lowest BCUT2D eigenvalue weighted by molar-refractivity contribution is -0.161. The Morgan fingerprint density at radius 3 is 2.43 bits per heavy atom. The number of ketones is 1. The second-order valence-electron chi connectivity index (χ2n) is 14.5. The minimum atomic E-state index is -1.05. The minimum Gasteiger partial charge on any atom is -0.387 e. The van der Waals surface area contributed by atoms with Crippen LogP contribution in [0.25, 0.3) is 0 Å². The van der Waals surface area contributed by atoms with E-state index < -0.39 is 58.1 Å². The van der Waals surface area contributed by atoms with Crippen LogP contribution in [-0.4, -0.2) is 89.6 Å². The van der Waals surface area contributed by atoms with Crippen molar-refractivity contribution in [3.8, 4) is 0 Å². The van der Waals surface area contributed by atoms with E-state index in [1.54, 1.807) is 25.1 Å². The number of hydrogen-bond acceptors (Lipinski definition) is 8. The summed E-state index contributed by atoms with van der Waals surface area (Å²) in [7, 11) is 0. The van der Waals surface area contributed by atoms with Gasteiger partial charge in [0.2, 0.25) is 23.5 Å². The van der Waals surface area contributed by atoms with Crippen LogP contribution in [0.2, 0.25) is 5.02 Å². The van der Waals surface area contributed by atoms with Gasteiger partial charge in [-0.2, -0.15) is 0 Å². The monoisotopic (exact) mass is 657 g/mol. The molecule has 0 bridgehead atoms. The number of Topliss-reactive ketones (excluding diaryl/α,β-unsaturated/α-hetero) is 1. The van der Waals surface area contributed by atoms with E-state index in [0.717, 1.165) is 18.4 Å². The van der Waals surface area contributed by atoms with E-state index in [1.807, 2.05) is 33.8 Å². The van der Waals surface area contributed by atoms with Gasteiger partial charge in [0.25, 0.3) is 5.91 Å². The van der Waals surface area contributed by atoms with Crippen LogP contribution in [0.5, 0.6) is 0 Å². The van der Waals surface area contributed by atoms with Gasteiger partial charge in [0.15, 0.2) is 5.60 Å². The van der Waals surface area contributed by atoms with Crippen molar-refractivity contribution in [2.45, 2.75) is 103 Å². The predicted molar refractivity (Wildman–Crippen MR) is 170 cm³/mol. The Morgan fingerprint density at radius 1 is 1.13 bits per heavy atom. The number of benzene rings is 1. The maximum Gasteiger partial charge on any atom is 0.289 e. The fourth-order valence-electron chi connectivity index (χ4n) is 6.08. The van der Waals surface area contributed by atoms with Crippen molar-refractivity contribution in [2.24, 2.45) is 16.0 Å². The largest absolute Gasteiger partial charge is 0.387 e. The quantitative estimate of drug-likeness (QED) is 0.309. The summed E-state index contributed by atoms with van der Waals surface area (Å²) in [6.45, 7) is 9.70. The molecule has 1 saturated carbocycles. The molecule has 0 aromatic heterocycles. The van der Waals surface area contributed by atoms with Gasteiger partial charge in [-0.15, -0.1) is 0 Å². The Labute approximate surface area is 274 Å². The summed E-state index contributed by atoms with van der Waals surface area (Å²) in [5.74, 6) is -2.77. The Balaban J connectivity index is 1.41. The molecule has 4 amide bonds. The van der Waals surface area contributed by atoms with Gasteiger partial charge < -0.3 is 30.4 Å². The van der Waals surface area contributed by atoms with E-state index in [-0.39, 0.29) is 44.5 Å². The van der Waals surface area contributed by atoms with Crippen molar-refractivity contribution in [2.75, 3.05) is 19.8 Å². The Kier molecular flexibility index (Phi) is 9.52. The number of nitrogens with one attached hydrogen (secondary N) is 3. The summed E-state index contributed by atoms with van der Waals surface area (Å²) >= 11 is 6.22. The minimum absolute atomic E-state index is 0.0104. The highest BCUT2D eigenvalue weighted by Gasteiger charge is 2.56. The zero-order valence-electron chi connectivity index (χ0n) is 27.1. The third-order valence-corrected chi connectivity index (χ3v) is 9.34. The number of nitrogens with zero attached hydrogens (tertiary/aromatic N) is 2. The molecule has 0 unspecified atom stereocenters. The van der Waals surface area contributed by atoms with Gasteiger partial charge >= 0.3 is 0 Å². The molecule has 0 radical (unpaired) electrons. The second-order valence-corrected chi connectivity index (χ2v) is 14.9. The maximum atomic E-state index is 14.5. The number of halogens is 1. The number of rotatable bonds is 11. The molecular weight excluding hydrogens is 614 g/mol. The zero-order chi connectivity index (χ0) is 33.4. The van der Waals surface area contributed by atoms with Gasteiger partial charge in [0, 0.05) is 29.5 Å². The fraction of sp³-hybridized carbons (Fsp3) is 0.636. The van der Waals surface area contributed by atoms with Crippen molar-refractivity contribution in [3.63, 3.8) is 0 Å². The van der Waals surface area contributed by atoms with E-state index in [9.17, 15) is 24.0 Å². The molecule has 2 saturated heterocycles. The van der Waals surface area contributed by atoms with Crippen LogP contribution in [-0.2, 0) is 33.5 Å². The SMILES string of the molecule is CCC[C@H](NC(=O)[C@@H]1C[C@]2(CC(c3cccc(Cl)c3)=NO2)CN1C(=O)[C@@H](NC(=O)C1(C)COC1)C(C)(C)C)C(=O)C(=O)NC1CC1. The third kappa shape index (κ3) is 7.22. The van der Waals surface area contributed by atoms with Crippen molar-refractivity contribution >= 4 is 46.7 Å². The first-order valence-electron chi connectivity index (χ1n) is 16.0. The van der Waals surface area contributed by atoms with Crippen molar-refractivity contribution < 1.29 is 33.5 Å². The summed E-state index contributed by atoms with van der Waals surface area (Å²) in [6.07, 6.45) is 2.85. The number of ether oxygens (including phenoxy) is 1. The van der Waals surface area contributed by atoms with E-state index in [2.05, 4.69) is 21.1 Å². The van der Waals surface area contributed by atoms with Gasteiger partial charge in [-0.3, -0.25) is 24.0 Å². The molecule has 4 atom stereocenters. The molecule has 1 aliphatic carbocycles. The molecule has 13 heteroatoms. The molecule has 4 aliphatic rings. The molecule has 250 valence electrons. The molecule has 1 aromatic carbocycles. The van der Waals surface area contributed by atoms with E-state index >= 15 is 0 Å². The van der Waals surface area contributed by atoms with Crippen LogP contribution in [0, 0.1) is 10.8 Å². The average Bonchev–Trinajstić information content (AvgIpc) is 3.58. The van der Waals surface area contributed by atoms with E-state index in [1.165, 1.54) is 4.90 Å². The lowest BCUT2D eigenvalue weighted by Gasteiger charge is -2.41. The first kappa shape index (κ1) is 33.8. The summed E-state index contributed by atoms with van der Waals surface area (Å²) in [4.78, 5) is 75.0. The van der Waals surface area contributed by atoms with E-state index in [4.69, 9.17) is 21.2 Å². The predicted octanol–water partition coefficient (Wildman–Crippen LogP) is 2.50. The third-order valence-electron chi connectivity index (χ3n) is 9.11. The summed E-state index contributed by atoms with van der Waals surface area (Å²) in [5, 5.41) is 13.3. The Bertz CT molecular complexity index is 1430. The molecular formula is C33H44ClN5O7. The van der Waals surface area contributed by atoms with Crippen LogP contribution >= 0.6 is 11.6 Å². The maximum absolute atomic E-state index is 14.5. The lowest BCUT2D eigenvalue weighted by Crippen LogP contribution is -2.62. The van der Waals surface area contributed by atoms with Gasteiger partial charge in [-0.1, -0.05) is 63.0 Å². The molecule has 3 fully saturated rings. The van der Waals surface area contributed by atoms with Crippen LogP contribution in [0.4, 0.5) is 0 Å². The van der Waals surface area contributed by atoms with Crippen molar-refractivity contribution in [3.05, 3.63) is 34.9 Å². The van der Waals surface area contributed by atoms with E-state index in [0.29, 0.717) is 23.6 Å². The second kappa shape index (κ2) is 12.9. The Morgan fingerprint density at radius 2 is 1.85 bits per heavy atom. The summed E-state index contributed by atoms with van der Waals surface area (Å²) in [5.41, 5.74) is -1.10. The van der Waals surface area contributed by atoms with Crippen LogP contribution in [0.1, 0.15) is 78.7 Å². The number of hydrogen-bond donors (Lipinski definition) is 3. The number of oxime groups is 1. The van der Waals surface area contributed by atoms with Gasteiger partial charge in [0.1, 0.15) is 12.1 Å². The first-order chi connectivity index (χ1) is 21.6. The molecule has 5 rings (SSSR count). The lowest BCUT2D eigenvalue weighted by atomic mass is 9.82. The number of amides is 4. The van der Waals surface area contributed by atoms with Gasteiger partial charge in [0.05, 0.1) is 36.9 Å². The van der Waals surface area contributed by atoms with Crippen LogP contribution in [0.15, 0.2) is 29.4 Å². The molecule has 3 aliphatic heterocycles. The van der Waals surface area contributed by atoms with Crippen molar-refractivity contribution in [1.82, 2.24) is 20.9 Å². The smallest absolute Gasteiger partial charge is 0.289 e. The number of carbonyl (C=O) groups excluding carboxylic acids is 5. The molecule has 1 aromatic rings. The summed E-state index contributed by atoms with van der Waals surface area (Å²) < 4.78 is 5.27. The van der Waals surface area contributed by atoms with Gasteiger partial charge in [-0.25, -0.2) is 0 Å². The molecule has 46 heavy (non-hydrogen) atoms. The standard InChI is InChI=1S/C33H44ClN5O7/c1-6-8-22(25(40)28(42)35-21-11-12-21)36-27(41)24-15-33(14-23(38-46-33)19-9-7-10-20(34)13-19)16-39(24)29(43)26(31(2,3)4)37-30(44)32(5)17-45-18-32/h7,9-10,13,21-22,24,26H,6,8,11-12,14-18H2,1-5H3,(H,35,42)(H,36,41)(H,37,44)/t22-,24-,26+,33+/m0/s1. The fourth-order valence-corrected chi connectivity index (χ4v) is 6.27. The average molecular weight is 658 g/mol. The van der Waals surface area contributed by atoms with Crippen molar-refractivity contribution in [1.29, 1.82) is 0 Å². The Hall–Kier alpha value is -3.51. The molecule has 12 nitrogen and oxygen atoms in total. The topological polar surface area (TPSA) is 156 Å². The summed E-state index contributed by atoms with van der Waals surface area (Å²) in [6, 6.07) is 4.10. The highest BCUT2D eigenvalue weighted by Crippen LogP contribution is 2.40. The highest BCUT2D eigenvalue weighted by atomic mass is 35.5. The van der Waals surface area contributed by atoms with Crippen LogP contribution in [0.3, 0.4) is 0 Å². The van der Waals surface area contributed by atoms with Gasteiger partial charge in [-0.05, 0) is 43.7 Å². The first-order valence-corrected chi connectivity index (χ1v) is 16.4. The molecule has 3 heterocycles. The highest BCUT2D eigenvalue weighted by molar-refractivity contribution is 6.38. The normalized spacial score (nSPS) is 24.7. The molecule has 3 N–H and O–H groups in total. The number of likely N-dealkylation sites (tertiary alicyclic amines) is 1. The molecule has 1 spiro atoms. The number of carbonyl (C=O) groups is 5. The zero-order valence-corrected chi connectivity index (χ0v) is 27.9. The van der Waals surface area contributed by atoms with Crippen LogP contribution < -0.4 is 16.0 Å².